The summed E-state index contributed by atoms with van der Waals surface area (Å²) in [6.07, 6.45) is -0.473. The molecule has 39 heavy (non-hydrogen) atoms. The number of nitrogens with one attached hydrogen (secondary N) is 2. The Hall–Kier alpha value is -4.82. The molecule has 200 valence electrons. The van der Waals surface area contributed by atoms with Gasteiger partial charge in [-0.15, -0.1) is 0 Å². The summed E-state index contributed by atoms with van der Waals surface area (Å²) in [4.78, 5) is 29.1. The lowest BCUT2D eigenvalue weighted by molar-refractivity contribution is -0.137. The number of halogens is 3. The molecule has 0 saturated carbocycles. The lowest BCUT2D eigenvalue weighted by Crippen LogP contribution is -2.23. The SMILES string of the molecule is Cc1nc(-c2ccc(C(=O)Nc3cc(C(F)(F)F)ccn3)cc2)c2c(N)ncc(C(O)NCc3cnco3)n12. The minimum absolute atomic E-state index is 0.175. The first kappa shape index (κ1) is 25.8. The van der Waals surface area contributed by atoms with Crippen molar-refractivity contribution in [2.45, 2.75) is 25.9 Å². The van der Waals surface area contributed by atoms with Gasteiger partial charge in [0.2, 0.25) is 0 Å². The molecule has 0 bridgehead atoms. The summed E-state index contributed by atoms with van der Waals surface area (Å²) >= 11 is 0. The van der Waals surface area contributed by atoms with Crippen LogP contribution >= 0.6 is 0 Å². The van der Waals surface area contributed by atoms with E-state index in [-0.39, 0.29) is 23.7 Å². The van der Waals surface area contributed by atoms with E-state index in [4.69, 9.17) is 10.2 Å². The molecule has 5 rings (SSSR count). The second kappa shape index (κ2) is 10.2. The molecule has 1 aromatic carbocycles. The first-order valence-electron chi connectivity index (χ1n) is 11.5. The molecule has 4 heterocycles. The summed E-state index contributed by atoms with van der Waals surface area (Å²) in [5, 5.41) is 16.1. The molecule has 0 radical (unpaired) electrons. The van der Waals surface area contributed by atoms with Crippen LogP contribution in [0.3, 0.4) is 0 Å². The van der Waals surface area contributed by atoms with E-state index in [0.717, 1.165) is 18.3 Å². The Balaban J connectivity index is 1.40. The predicted molar refractivity (Wildman–Crippen MR) is 133 cm³/mol. The molecule has 0 aliphatic heterocycles. The van der Waals surface area contributed by atoms with Crippen molar-refractivity contribution in [1.29, 1.82) is 0 Å². The van der Waals surface area contributed by atoms with Crippen LogP contribution in [0.15, 0.2) is 65.8 Å². The molecule has 1 unspecified atom stereocenters. The number of amides is 1. The minimum atomic E-state index is -4.56. The van der Waals surface area contributed by atoms with Crippen LogP contribution in [0.4, 0.5) is 24.8 Å². The average molecular weight is 538 g/mol. The van der Waals surface area contributed by atoms with E-state index in [9.17, 15) is 23.1 Å². The number of rotatable bonds is 7. The van der Waals surface area contributed by atoms with Gasteiger partial charge in [-0.2, -0.15) is 13.2 Å². The maximum Gasteiger partial charge on any atom is 0.416 e. The summed E-state index contributed by atoms with van der Waals surface area (Å²) < 4.78 is 45.7. The van der Waals surface area contributed by atoms with Crippen molar-refractivity contribution >= 4 is 23.1 Å². The molecule has 11 nitrogen and oxygen atoms in total. The van der Waals surface area contributed by atoms with Crippen molar-refractivity contribution in [2.75, 3.05) is 11.1 Å². The van der Waals surface area contributed by atoms with Gasteiger partial charge >= 0.3 is 6.18 Å². The molecule has 5 aromatic rings. The number of carbonyl (C=O) groups excluding carboxylic acids is 1. The maximum atomic E-state index is 13.0. The number of nitrogens with zero attached hydrogens (tertiary/aromatic N) is 5. The van der Waals surface area contributed by atoms with Crippen LogP contribution < -0.4 is 16.4 Å². The highest BCUT2D eigenvalue weighted by atomic mass is 19.4. The van der Waals surface area contributed by atoms with E-state index < -0.39 is 23.9 Å². The van der Waals surface area contributed by atoms with E-state index in [1.807, 2.05) is 0 Å². The van der Waals surface area contributed by atoms with Crippen molar-refractivity contribution in [1.82, 2.24) is 29.7 Å². The Labute approximate surface area is 218 Å². The van der Waals surface area contributed by atoms with Crippen LogP contribution in [0.1, 0.15) is 39.4 Å². The number of hydrogen-bond donors (Lipinski definition) is 4. The normalized spacial score (nSPS) is 12.5. The summed E-state index contributed by atoms with van der Waals surface area (Å²) in [6.45, 7) is 1.96. The van der Waals surface area contributed by atoms with Crippen LogP contribution in [0, 0.1) is 6.92 Å². The molecular formula is C25H21F3N8O3. The van der Waals surface area contributed by atoms with Gasteiger partial charge in [0.05, 0.1) is 30.2 Å². The number of hydrogen-bond acceptors (Lipinski definition) is 9. The van der Waals surface area contributed by atoms with E-state index in [2.05, 4.69) is 30.6 Å². The highest BCUT2D eigenvalue weighted by Crippen LogP contribution is 2.31. The molecule has 1 amide bonds. The Morgan fingerprint density at radius 2 is 1.95 bits per heavy atom. The van der Waals surface area contributed by atoms with Crippen LogP contribution in [-0.2, 0) is 12.7 Å². The monoisotopic (exact) mass is 538 g/mol. The highest BCUT2D eigenvalue weighted by Gasteiger charge is 2.31. The second-order valence-corrected chi connectivity index (χ2v) is 8.47. The number of nitrogens with two attached hydrogens (primary N) is 1. The topological polar surface area (TPSA) is 156 Å². The third-order valence-corrected chi connectivity index (χ3v) is 5.86. The molecule has 5 N–H and O–H groups in total. The number of aliphatic hydroxyl groups excluding tert-OH is 1. The number of aryl methyl sites for hydroxylation is 1. The lowest BCUT2D eigenvalue weighted by Gasteiger charge is -2.15. The van der Waals surface area contributed by atoms with Gasteiger partial charge in [-0.1, -0.05) is 12.1 Å². The Morgan fingerprint density at radius 3 is 2.64 bits per heavy atom. The van der Waals surface area contributed by atoms with Crippen molar-refractivity contribution in [2.24, 2.45) is 0 Å². The largest absolute Gasteiger partial charge is 0.447 e. The van der Waals surface area contributed by atoms with Crippen LogP contribution in [0.2, 0.25) is 0 Å². The van der Waals surface area contributed by atoms with Crippen molar-refractivity contribution in [3.8, 4) is 11.3 Å². The zero-order chi connectivity index (χ0) is 27.7. The number of alkyl halides is 3. The van der Waals surface area contributed by atoms with Gasteiger partial charge in [0.1, 0.15) is 40.7 Å². The predicted octanol–water partition coefficient (Wildman–Crippen LogP) is 3.72. The third kappa shape index (κ3) is 5.28. The first-order valence-corrected chi connectivity index (χ1v) is 11.5. The molecule has 14 heteroatoms. The van der Waals surface area contributed by atoms with E-state index in [0.29, 0.717) is 34.1 Å². The molecule has 0 fully saturated rings. The fraction of sp³-hybridized carbons (Fsp3) is 0.160. The van der Waals surface area contributed by atoms with Crippen molar-refractivity contribution in [3.63, 3.8) is 0 Å². The molecule has 1 atom stereocenters. The molecule has 0 spiro atoms. The number of benzene rings is 1. The second-order valence-electron chi connectivity index (χ2n) is 8.47. The Bertz CT molecular complexity index is 1630. The smallest absolute Gasteiger partial charge is 0.416 e. The summed E-state index contributed by atoms with van der Waals surface area (Å²) in [6, 6.07) is 7.83. The molecule has 4 aromatic heterocycles. The van der Waals surface area contributed by atoms with Gasteiger partial charge in [-0.05, 0) is 31.2 Å². The third-order valence-electron chi connectivity index (χ3n) is 5.86. The van der Waals surface area contributed by atoms with E-state index >= 15 is 0 Å². The van der Waals surface area contributed by atoms with Crippen LogP contribution in [0.25, 0.3) is 16.8 Å². The summed E-state index contributed by atoms with van der Waals surface area (Å²) in [7, 11) is 0. The molecule has 0 aliphatic carbocycles. The van der Waals surface area contributed by atoms with Gasteiger partial charge in [0, 0.05) is 17.3 Å². The van der Waals surface area contributed by atoms with Crippen molar-refractivity contribution < 1.29 is 27.5 Å². The number of nitrogen functional groups attached to an aromatic ring is 1. The van der Waals surface area contributed by atoms with E-state index in [1.54, 1.807) is 23.5 Å². The molecule has 0 saturated heterocycles. The Morgan fingerprint density at radius 1 is 1.18 bits per heavy atom. The summed E-state index contributed by atoms with van der Waals surface area (Å²) in [5.41, 5.74) is 7.37. The number of carbonyl (C=O) groups is 1. The quantitative estimate of drug-likeness (QED) is 0.227. The van der Waals surface area contributed by atoms with Gasteiger partial charge < -0.3 is 20.6 Å². The number of imidazole rings is 1. The van der Waals surface area contributed by atoms with Gasteiger partial charge in [-0.3, -0.25) is 14.5 Å². The number of fused-ring (bicyclic) bond motifs is 1. The summed E-state index contributed by atoms with van der Waals surface area (Å²) in [5.74, 6) is 0.376. The lowest BCUT2D eigenvalue weighted by atomic mass is 10.1. The highest BCUT2D eigenvalue weighted by molar-refractivity contribution is 6.04. The standard InChI is InChI=1S/C25H21F3N8O3/c1-13-34-20(21-22(29)32-11-18(36(13)21)24(38)33-10-17-9-30-12-39-17)14-2-4-15(5-3-14)23(37)35-19-8-16(6-7-31-19)25(26,27)28/h2-9,11-12,24,33,38H,10H2,1H3,(H2,29,32)(H,31,35,37). The Kier molecular flexibility index (Phi) is 6.72. The zero-order valence-corrected chi connectivity index (χ0v) is 20.3. The fourth-order valence-electron chi connectivity index (χ4n) is 4.01. The van der Waals surface area contributed by atoms with E-state index in [1.165, 1.54) is 30.9 Å². The molecule has 0 aliphatic rings. The van der Waals surface area contributed by atoms with Gasteiger partial charge in [0.25, 0.3) is 5.91 Å². The number of anilines is 2. The van der Waals surface area contributed by atoms with Gasteiger partial charge in [-0.25, -0.2) is 19.9 Å². The fourth-order valence-corrected chi connectivity index (χ4v) is 4.01. The van der Waals surface area contributed by atoms with Crippen LogP contribution in [0.5, 0.6) is 0 Å². The maximum absolute atomic E-state index is 13.0. The number of aliphatic hydroxyl groups is 1. The number of oxazole rings is 1. The molecular weight excluding hydrogens is 517 g/mol. The minimum Gasteiger partial charge on any atom is -0.447 e. The first-order chi connectivity index (χ1) is 18.6. The number of pyridine rings is 1. The van der Waals surface area contributed by atoms with Crippen molar-refractivity contribution in [3.05, 3.63) is 89.8 Å². The number of aromatic nitrogens is 5. The zero-order valence-electron chi connectivity index (χ0n) is 20.3. The van der Waals surface area contributed by atoms with Crippen LogP contribution in [-0.4, -0.2) is 35.4 Å². The average Bonchev–Trinajstić information content (AvgIpc) is 3.56. The van der Waals surface area contributed by atoms with Gasteiger partial charge in [0.15, 0.2) is 6.39 Å².